The van der Waals surface area contributed by atoms with Crippen LogP contribution in [0.25, 0.3) is 0 Å². The summed E-state index contributed by atoms with van der Waals surface area (Å²) < 4.78 is 6.25. The molecule has 0 radical (unpaired) electrons. The van der Waals surface area contributed by atoms with Gasteiger partial charge in [-0.25, -0.2) is 0 Å². The molecule has 2 amide bonds. The van der Waals surface area contributed by atoms with Crippen LogP contribution in [-0.4, -0.2) is 23.5 Å². The van der Waals surface area contributed by atoms with Gasteiger partial charge >= 0.3 is 0 Å². The molecule has 0 saturated carbocycles. The van der Waals surface area contributed by atoms with Crippen molar-refractivity contribution in [3.8, 4) is 5.75 Å². The van der Waals surface area contributed by atoms with Crippen molar-refractivity contribution in [2.24, 2.45) is 0 Å². The first kappa shape index (κ1) is 20.9. The molecule has 0 unspecified atom stereocenters. The Bertz CT molecular complexity index is 808. The summed E-state index contributed by atoms with van der Waals surface area (Å²) in [5.41, 5.74) is 6.46. The van der Waals surface area contributed by atoms with Gasteiger partial charge in [-0.15, -0.1) is 0 Å². The Hall–Kier alpha value is -2.45. The molecule has 0 bridgehead atoms. The van der Waals surface area contributed by atoms with Gasteiger partial charge in [-0.3, -0.25) is 25.8 Å². The molecule has 0 heterocycles. The van der Waals surface area contributed by atoms with Crippen LogP contribution in [0.3, 0.4) is 0 Å². The first-order chi connectivity index (χ1) is 12.8. The zero-order chi connectivity index (χ0) is 19.8. The lowest BCUT2D eigenvalue weighted by molar-refractivity contribution is -0.123. The van der Waals surface area contributed by atoms with Gasteiger partial charge in [-0.05, 0) is 60.1 Å². The second-order valence-corrected chi connectivity index (χ2v) is 7.30. The molecular weight excluding hydrogens is 430 g/mol. The van der Waals surface area contributed by atoms with E-state index in [1.165, 1.54) is 0 Å². The normalized spacial score (nSPS) is 10.2. The van der Waals surface area contributed by atoms with Crippen molar-refractivity contribution in [2.75, 3.05) is 6.61 Å². The number of thiocarbonyl (C=S) groups is 1. The van der Waals surface area contributed by atoms with E-state index >= 15 is 0 Å². The third-order valence-electron chi connectivity index (χ3n) is 3.57. The third kappa shape index (κ3) is 6.99. The summed E-state index contributed by atoms with van der Waals surface area (Å²) in [7, 11) is 0. The summed E-state index contributed by atoms with van der Waals surface area (Å²) in [5, 5.41) is 2.49. The minimum Gasteiger partial charge on any atom is -0.484 e. The van der Waals surface area contributed by atoms with E-state index in [-0.39, 0.29) is 17.6 Å². The summed E-state index contributed by atoms with van der Waals surface area (Å²) in [6, 6.07) is 14.4. The van der Waals surface area contributed by atoms with E-state index in [1.54, 1.807) is 24.3 Å². The maximum Gasteiger partial charge on any atom is 0.276 e. The highest BCUT2D eigenvalue weighted by atomic mass is 79.9. The van der Waals surface area contributed by atoms with Crippen LogP contribution >= 0.6 is 28.1 Å². The molecule has 2 rings (SSSR count). The summed E-state index contributed by atoms with van der Waals surface area (Å²) in [6.45, 7) is 3.97. The summed E-state index contributed by atoms with van der Waals surface area (Å²) >= 11 is 8.32. The number of ether oxygens (including phenoxy) is 1. The van der Waals surface area contributed by atoms with Crippen molar-refractivity contribution >= 4 is 45.1 Å². The molecule has 0 spiro atoms. The molecule has 142 valence electrons. The van der Waals surface area contributed by atoms with Gasteiger partial charge in [-0.2, -0.15) is 0 Å². The minimum atomic E-state index is -0.434. The van der Waals surface area contributed by atoms with Crippen LogP contribution < -0.4 is 20.9 Å². The first-order valence-electron chi connectivity index (χ1n) is 8.23. The highest BCUT2D eigenvalue weighted by molar-refractivity contribution is 9.10. The lowest BCUT2D eigenvalue weighted by atomic mass is 10.0. The van der Waals surface area contributed by atoms with E-state index in [0.717, 1.165) is 10.0 Å². The molecule has 0 aromatic heterocycles. The summed E-state index contributed by atoms with van der Waals surface area (Å²) in [4.78, 5) is 23.9. The summed E-state index contributed by atoms with van der Waals surface area (Å²) in [6.07, 6.45) is 0. The molecule has 2 aromatic carbocycles. The van der Waals surface area contributed by atoms with Crippen molar-refractivity contribution in [1.82, 2.24) is 16.2 Å². The van der Waals surface area contributed by atoms with E-state index in [9.17, 15) is 9.59 Å². The highest BCUT2D eigenvalue weighted by Gasteiger charge is 2.09. The molecule has 0 aliphatic heterocycles. The van der Waals surface area contributed by atoms with Crippen molar-refractivity contribution in [3.63, 3.8) is 0 Å². The second-order valence-electron chi connectivity index (χ2n) is 5.98. The van der Waals surface area contributed by atoms with Crippen LogP contribution in [0.1, 0.15) is 35.7 Å². The highest BCUT2D eigenvalue weighted by Crippen LogP contribution is 2.16. The van der Waals surface area contributed by atoms with Crippen LogP contribution in [0.2, 0.25) is 0 Å². The number of hydrazine groups is 1. The van der Waals surface area contributed by atoms with Crippen molar-refractivity contribution < 1.29 is 14.3 Å². The molecule has 0 atom stereocenters. The zero-order valence-corrected chi connectivity index (χ0v) is 17.3. The van der Waals surface area contributed by atoms with Gasteiger partial charge in [0.05, 0.1) is 0 Å². The molecule has 8 heteroatoms. The monoisotopic (exact) mass is 449 g/mol. The number of rotatable bonds is 5. The van der Waals surface area contributed by atoms with Gasteiger partial charge in [0.1, 0.15) is 5.75 Å². The number of halogens is 1. The lowest BCUT2D eigenvalue weighted by Gasteiger charge is -2.12. The molecule has 0 fully saturated rings. The number of carbonyl (C=O) groups is 2. The van der Waals surface area contributed by atoms with E-state index in [0.29, 0.717) is 17.2 Å². The molecule has 27 heavy (non-hydrogen) atoms. The third-order valence-corrected chi connectivity index (χ3v) is 4.30. The van der Waals surface area contributed by atoms with Crippen LogP contribution in [0.4, 0.5) is 0 Å². The van der Waals surface area contributed by atoms with Gasteiger partial charge in [0.15, 0.2) is 11.7 Å². The predicted molar refractivity (Wildman–Crippen MR) is 112 cm³/mol. The molecule has 0 saturated heterocycles. The molecule has 0 aliphatic rings. The van der Waals surface area contributed by atoms with Crippen LogP contribution in [0.5, 0.6) is 5.75 Å². The van der Waals surface area contributed by atoms with Crippen molar-refractivity contribution in [2.45, 2.75) is 19.8 Å². The van der Waals surface area contributed by atoms with E-state index in [4.69, 9.17) is 17.0 Å². The fourth-order valence-electron chi connectivity index (χ4n) is 2.07. The Morgan fingerprint density at radius 1 is 1.04 bits per heavy atom. The molecule has 2 aromatic rings. The predicted octanol–water partition coefficient (Wildman–Crippen LogP) is 3.29. The number of nitrogens with one attached hydrogen (secondary N) is 3. The van der Waals surface area contributed by atoms with Gasteiger partial charge in [-0.1, -0.05) is 41.9 Å². The average molecular weight is 450 g/mol. The van der Waals surface area contributed by atoms with Crippen molar-refractivity contribution in [3.05, 3.63) is 64.1 Å². The van der Waals surface area contributed by atoms with Gasteiger partial charge in [0.25, 0.3) is 11.8 Å². The first-order valence-corrected chi connectivity index (χ1v) is 9.44. The van der Waals surface area contributed by atoms with Gasteiger partial charge in [0.2, 0.25) is 0 Å². The van der Waals surface area contributed by atoms with E-state index in [2.05, 4.69) is 45.9 Å². The standard InChI is InChI=1S/C19H20BrN3O3S/c1-12(2)13-3-5-14(6-4-13)18(25)21-19(27)23-22-17(24)11-26-16-9-7-15(20)8-10-16/h3-10,12H,11H2,1-2H3,(H,22,24)(H2,21,23,25,27). The Morgan fingerprint density at radius 2 is 1.67 bits per heavy atom. The number of carbonyl (C=O) groups excluding carboxylic acids is 2. The molecule has 6 nitrogen and oxygen atoms in total. The summed E-state index contributed by atoms with van der Waals surface area (Å²) in [5.74, 6) is 0.160. The van der Waals surface area contributed by atoms with Gasteiger partial charge in [0, 0.05) is 10.0 Å². The topological polar surface area (TPSA) is 79.5 Å². The molecule has 0 aliphatic carbocycles. The largest absolute Gasteiger partial charge is 0.484 e. The van der Waals surface area contributed by atoms with E-state index < -0.39 is 5.91 Å². The average Bonchev–Trinajstić information content (AvgIpc) is 2.66. The molecule has 3 N–H and O–H groups in total. The second kappa shape index (κ2) is 10.0. The zero-order valence-electron chi connectivity index (χ0n) is 14.9. The smallest absolute Gasteiger partial charge is 0.276 e. The van der Waals surface area contributed by atoms with Crippen LogP contribution in [-0.2, 0) is 4.79 Å². The minimum absolute atomic E-state index is 0.00933. The quantitative estimate of drug-likeness (QED) is 0.482. The SMILES string of the molecule is CC(C)c1ccc(C(=O)NC(=S)NNC(=O)COc2ccc(Br)cc2)cc1. The van der Waals surface area contributed by atoms with Crippen molar-refractivity contribution in [1.29, 1.82) is 0 Å². The van der Waals surface area contributed by atoms with Crippen LogP contribution in [0, 0.1) is 0 Å². The Labute approximate surface area is 171 Å². The fraction of sp³-hybridized carbons (Fsp3) is 0.211. The Kier molecular flexibility index (Phi) is 7.75. The Morgan fingerprint density at radius 3 is 2.26 bits per heavy atom. The number of amides is 2. The fourth-order valence-corrected chi connectivity index (χ4v) is 2.48. The lowest BCUT2D eigenvalue weighted by Crippen LogP contribution is -2.49. The maximum atomic E-state index is 12.1. The maximum absolute atomic E-state index is 12.1. The molecular formula is C19H20BrN3O3S. The number of hydrogen-bond donors (Lipinski definition) is 3. The number of benzene rings is 2. The number of hydrogen-bond acceptors (Lipinski definition) is 4. The van der Waals surface area contributed by atoms with E-state index in [1.807, 2.05) is 24.3 Å². The van der Waals surface area contributed by atoms with Crippen LogP contribution in [0.15, 0.2) is 53.0 Å². The Balaban J connectivity index is 1.73. The van der Waals surface area contributed by atoms with Gasteiger partial charge < -0.3 is 4.74 Å².